The normalized spacial score (nSPS) is 57.3. The van der Waals surface area contributed by atoms with Gasteiger partial charge in [0.25, 0.3) is 0 Å². The minimum Gasteiger partial charge on any atom is -0.458 e. The average molecular weight is 553 g/mol. The first-order valence-corrected chi connectivity index (χ1v) is 14.6. The van der Waals surface area contributed by atoms with E-state index in [0.717, 1.165) is 5.57 Å². The molecular weight excluding hydrogens is 508 g/mol. The van der Waals surface area contributed by atoms with Crippen molar-refractivity contribution in [2.45, 2.75) is 126 Å². The van der Waals surface area contributed by atoms with Gasteiger partial charge in [0, 0.05) is 17.9 Å². The Labute approximate surface area is 229 Å². The van der Waals surface area contributed by atoms with Crippen LogP contribution in [-0.4, -0.2) is 97.3 Å². The monoisotopic (exact) mass is 552 g/mol. The van der Waals surface area contributed by atoms with Crippen LogP contribution in [0.3, 0.4) is 0 Å². The predicted molar refractivity (Wildman–Crippen MR) is 136 cm³/mol. The molecule has 4 aliphatic carbocycles. The zero-order valence-corrected chi connectivity index (χ0v) is 23.0. The zero-order valence-electron chi connectivity index (χ0n) is 23.0. The SMILES string of the molecule is CC1OC(O[C@H]2CC[C@]3(C)C4C[C@@H](O)[C@]5(C)[C@@H](C6=CC(=O)OC6)CC[C@]5(O)[C@@H]4CC[C@]3(O)C2)C(O)C(O)C1O. The van der Waals surface area contributed by atoms with E-state index < -0.39 is 64.9 Å². The van der Waals surface area contributed by atoms with Crippen molar-refractivity contribution in [2.75, 3.05) is 6.61 Å². The van der Waals surface area contributed by atoms with Gasteiger partial charge in [-0.3, -0.25) is 0 Å². The summed E-state index contributed by atoms with van der Waals surface area (Å²) in [7, 11) is 0. The van der Waals surface area contributed by atoms with Gasteiger partial charge in [0.15, 0.2) is 6.29 Å². The molecule has 220 valence electrons. The van der Waals surface area contributed by atoms with Crippen LogP contribution in [0.4, 0.5) is 0 Å². The molecule has 10 nitrogen and oxygen atoms in total. The molecule has 0 aromatic carbocycles. The van der Waals surface area contributed by atoms with Crippen molar-refractivity contribution in [1.29, 1.82) is 0 Å². The lowest BCUT2D eigenvalue weighted by Gasteiger charge is -2.67. The Bertz CT molecular complexity index is 1030. The minimum absolute atomic E-state index is 0.0988. The topological polar surface area (TPSA) is 166 Å². The van der Waals surface area contributed by atoms with Gasteiger partial charge in [-0.15, -0.1) is 0 Å². The number of aliphatic hydroxyl groups excluding tert-OH is 4. The maximum Gasteiger partial charge on any atom is 0.331 e. The third-order valence-electron chi connectivity index (χ3n) is 12.3. The molecule has 2 heterocycles. The van der Waals surface area contributed by atoms with Gasteiger partial charge < -0.3 is 44.8 Å². The molecule has 4 saturated carbocycles. The molecule has 2 aliphatic heterocycles. The third-order valence-corrected chi connectivity index (χ3v) is 12.3. The van der Waals surface area contributed by atoms with E-state index in [9.17, 15) is 35.4 Å². The van der Waals surface area contributed by atoms with Gasteiger partial charge in [0.2, 0.25) is 0 Å². The Kier molecular flexibility index (Phi) is 6.61. The van der Waals surface area contributed by atoms with E-state index in [1.165, 1.54) is 6.08 Å². The number of hydrogen-bond donors (Lipinski definition) is 6. The summed E-state index contributed by atoms with van der Waals surface area (Å²) in [5.41, 5.74) is -2.75. The lowest BCUT2D eigenvalue weighted by atomic mass is 9.41. The molecule has 6 rings (SSSR count). The smallest absolute Gasteiger partial charge is 0.331 e. The van der Waals surface area contributed by atoms with Crippen LogP contribution in [-0.2, 0) is 19.0 Å². The fourth-order valence-corrected chi connectivity index (χ4v) is 9.78. The number of ether oxygens (including phenoxy) is 3. The maximum atomic E-state index is 12.4. The summed E-state index contributed by atoms with van der Waals surface area (Å²) >= 11 is 0. The van der Waals surface area contributed by atoms with Gasteiger partial charge in [-0.1, -0.05) is 13.8 Å². The lowest BCUT2D eigenvalue weighted by Crippen LogP contribution is -2.70. The van der Waals surface area contributed by atoms with Crippen molar-refractivity contribution in [3.05, 3.63) is 11.6 Å². The molecule has 0 spiro atoms. The highest BCUT2D eigenvalue weighted by Crippen LogP contribution is 2.70. The first kappa shape index (κ1) is 28.0. The summed E-state index contributed by atoms with van der Waals surface area (Å²) in [5, 5.41) is 66.8. The molecule has 6 N–H and O–H groups in total. The first-order valence-electron chi connectivity index (χ1n) is 14.6. The molecule has 14 atom stereocenters. The second-order valence-electron chi connectivity index (χ2n) is 13.8. The predicted octanol–water partition coefficient (Wildman–Crippen LogP) is 0.542. The first-order chi connectivity index (χ1) is 18.2. The van der Waals surface area contributed by atoms with E-state index in [1.807, 2.05) is 6.92 Å². The van der Waals surface area contributed by atoms with Crippen LogP contribution in [0.15, 0.2) is 11.6 Å². The minimum atomic E-state index is -1.40. The van der Waals surface area contributed by atoms with E-state index in [2.05, 4.69) is 6.92 Å². The second kappa shape index (κ2) is 9.19. The number of rotatable bonds is 3. The van der Waals surface area contributed by atoms with Crippen LogP contribution in [0.1, 0.15) is 72.1 Å². The number of fused-ring (bicyclic) bond motifs is 5. The number of cyclic esters (lactones) is 1. The highest BCUT2D eigenvalue weighted by Gasteiger charge is 2.72. The Morgan fingerprint density at radius 1 is 0.949 bits per heavy atom. The summed E-state index contributed by atoms with van der Waals surface area (Å²) in [6, 6.07) is 0. The Morgan fingerprint density at radius 2 is 1.69 bits per heavy atom. The Morgan fingerprint density at radius 3 is 2.38 bits per heavy atom. The van der Waals surface area contributed by atoms with Crippen LogP contribution in [0.25, 0.3) is 0 Å². The van der Waals surface area contributed by atoms with Gasteiger partial charge >= 0.3 is 5.97 Å². The summed E-state index contributed by atoms with van der Waals surface area (Å²) in [6.45, 7) is 5.86. The molecule has 39 heavy (non-hydrogen) atoms. The molecule has 5 fully saturated rings. The largest absolute Gasteiger partial charge is 0.458 e. The van der Waals surface area contributed by atoms with Crippen molar-refractivity contribution >= 4 is 5.97 Å². The summed E-state index contributed by atoms with van der Waals surface area (Å²) < 4.78 is 16.9. The van der Waals surface area contributed by atoms with Crippen molar-refractivity contribution in [3.63, 3.8) is 0 Å². The van der Waals surface area contributed by atoms with Crippen LogP contribution < -0.4 is 0 Å². The van der Waals surface area contributed by atoms with E-state index in [0.29, 0.717) is 51.4 Å². The highest BCUT2D eigenvalue weighted by molar-refractivity contribution is 5.85. The number of carbonyl (C=O) groups excluding carboxylic acids is 1. The van der Waals surface area contributed by atoms with Crippen LogP contribution >= 0.6 is 0 Å². The second-order valence-corrected chi connectivity index (χ2v) is 13.8. The quantitative estimate of drug-likeness (QED) is 0.215. The fourth-order valence-electron chi connectivity index (χ4n) is 9.78. The van der Waals surface area contributed by atoms with Gasteiger partial charge in [-0.05, 0) is 80.6 Å². The maximum absolute atomic E-state index is 12.4. The van der Waals surface area contributed by atoms with Gasteiger partial charge in [-0.2, -0.15) is 0 Å². The Hall–Kier alpha value is -1.11. The fraction of sp³-hybridized carbons (Fsp3) is 0.897. The highest BCUT2D eigenvalue weighted by atomic mass is 16.7. The standard InChI is InChI=1S/C29H44O10/c1-14-22(32)23(33)24(34)25(38-14)39-16-4-7-26(2)19-11-20(30)27(3)17(15-10-21(31)37-13-15)6-9-29(27,36)18(19)5-8-28(26,35)12-16/h10,14,16-20,22-25,30,32-36H,4-9,11-13H2,1-3H3/t14?,16-,17+,18+,19?,20+,22?,23?,24?,25?,26+,27-,28-,29-/m0/s1. The van der Waals surface area contributed by atoms with Crippen LogP contribution in [0.5, 0.6) is 0 Å². The third kappa shape index (κ3) is 3.79. The van der Waals surface area contributed by atoms with Crippen molar-refractivity contribution in [3.8, 4) is 0 Å². The lowest BCUT2D eigenvalue weighted by molar-refractivity contribution is -0.321. The van der Waals surface area contributed by atoms with Crippen molar-refractivity contribution in [1.82, 2.24) is 0 Å². The molecule has 0 radical (unpaired) electrons. The summed E-state index contributed by atoms with van der Waals surface area (Å²) in [6.07, 6.45) is -1.27. The molecule has 1 saturated heterocycles. The number of esters is 1. The number of carbonyl (C=O) groups is 1. The summed E-state index contributed by atoms with van der Waals surface area (Å²) in [5.74, 6) is -0.709. The van der Waals surface area contributed by atoms with E-state index in [4.69, 9.17) is 14.2 Å². The molecule has 0 aromatic rings. The molecule has 6 aliphatic rings. The molecule has 10 heteroatoms. The van der Waals surface area contributed by atoms with Gasteiger partial charge in [-0.25, -0.2) is 4.79 Å². The van der Waals surface area contributed by atoms with Crippen LogP contribution in [0, 0.1) is 28.6 Å². The van der Waals surface area contributed by atoms with E-state index in [-0.39, 0.29) is 30.3 Å². The molecule has 0 aromatic heterocycles. The van der Waals surface area contributed by atoms with E-state index in [1.54, 1.807) is 6.92 Å². The van der Waals surface area contributed by atoms with Crippen molar-refractivity contribution in [2.24, 2.45) is 28.6 Å². The molecular formula is C29H44O10. The molecule has 0 bridgehead atoms. The Balaban J connectivity index is 1.22. The number of aliphatic hydroxyl groups is 6. The van der Waals surface area contributed by atoms with Crippen molar-refractivity contribution < 1.29 is 49.6 Å². The number of hydrogen-bond acceptors (Lipinski definition) is 10. The van der Waals surface area contributed by atoms with Crippen LogP contribution in [0.2, 0.25) is 0 Å². The van der Waals surface area contributed by atoms with Gasteiger partial charge in [0.1, 0.15) is 24.9 Å². The zero-order chi connectivity index (χ0) is 28.1. The average Bonchev–Trinajstić information content (AvgIpc) is 3.43. The molecule has 6 unspecified atom stereocenters. The molecule has 0 amide bonds. The van der Waals surface area contributed by atoms with Gasteiger partial charge in [0.05, 0.1) is 29.5 Å². The van der Waals surface area contributed by atoms with E-state index >= 15 is 0 Å². The summed E-state index contributed by atoms with van der Waals surface area (Å²) in [4.78, 5) is 11.8.